The predicted octanol–water partition coefficient (Wildman–Crippen LogP) is 24.5. The van der Waals surface area contributed by atoms with E-state index in [9.17, 15) is 28.8 Å². The van der Waals surface area contributed by atoms with Crippen LogP contribution in [0.5, 0.6) is 23.0 Å². The van der Waals surface area contributed by atoms with Gasteiger partial charge in [0.2, 0.25) is 0 Å². The average molecular weight is 1480 g/mol. The molecule has 0 radical (unpaired) electrons. The first-order chi connectivity index (χ1) is 53.1. The number of nitrogens with zero attached hydrogens (tertiary/aromatic N) is 2. The number of unbranched alkanes of at least 4 members (excludes halogenated alkanes) is 38. The third kappa shape index (κ3) is 25.1. The summed E-state index contributed by atoms with van der Waals surface area (Å²) < 4.78 is 25.1. The molecule has 9 rings (SSSR count). The van der Waals surface area contributed by atoms with Gasteiger partial charge in [0.05, 0.1) is 26.4 Å². The van der Waals surface area contributed by atoms with E-state index in [0.717, 1.165) is 83.7 Å². The maximum absolute atomic E-state index is 14.5. The Labute approximate surface area is 647 Å². The van der Waals surface area contributed by atoms with E-state index in [-0.39, 0.29) is 48.5 Å². The van der Waals surface area contributed by atoms with Crippen LogP contribution in [0.15, 0.2) is 84.9 Å². The molecule has 6 amide bonds. The molecule has 0 fully saturated rings. The normalized spacial score (nSPS) is 12.8. The Bertz CT molecular complexity index is 3480. The van der Waals surface area contributed by atoms with Crippen LogP contribution in [0.1, 0.15) is 372 Å². The van der Waals surface area contributed by atoms with Crippen molar-refractivity contribution in [1.82, 2.24) is 20.4 Å². The average Bonchev–Trinajstić information content (AvgIpc) is 0.690. The zero-order valence-corrected chi connectivity index (χ0v) is 66.8. The molecule has 0 unspecified atom stereocenters. The second kappa shape index (κ2) is 47.4. The van der Waals surface area contributed by atoms with E-state index < -0.39 is 0 Å². The van der Waals surface area contributed by atoms with Crippen molar-refractivity contribution in [2.24, 2.45) is 0 Å². The van der Waals surface area contributed by atoms with Gasteiger partial charge in [0, 0.05) is 82.5 Å². The Morgan fingerprint density at radius 3 is 0.722 bits per heavy atom. The summed E-state index contributed by atoms with van der Waals surface area (Å²) in [5, 5.41) is 12.3. The van der Waals surface area contributed by atoms with Gasteiger partial charge in [0.25, 0.3) is 35.4 Å². The van der Waals surface area contributed by atoms with Crippen molar-refractivity contribution in [2.75, 3.05) is 52.6 Å². The standard InChI is InChI=1S/C94H132N4O10/c1-5-9-13-17-21-25-29-33-37-45-61-105-73-65-71(66-74(69-73)106-62-46-38-34-30-26-22-18-14-10-6-2)89(99)95-57-41-43-59-97-91(101)81-53-49-77-79-51-55-83-88-84(56-52-80(86(79)88)78-50-54-82(92(97)102)87(81)85(77)78)94(104)98(93(83)103)60-44-42-58-96-90(100)72-67-75(107-63-47-39-35-31-27-23-19-15-11-7-3)70-76(68-72)108-64-48-40-36-32-28-24-20-16-12-8-4/h49-56,65-70H,5-48,57-64H2,1-4H3,(H,95,99)(H,96,100). The first kappa shape index (κ1) is 84.3. The van der Waals surface area contributed by atoms with E-state index in [1.54, 1.807) is 48.5 Å². The summed E-state index contributed by atoms with van der Waals surface area (Å²) >= 11 is 0. The highest BCUT2D eigenvalue weighted by Gasteiger charge is 2.37. The number of rotatable bonds is 60. The topological polar surface area (TPSA) is 170 Å². The van der Waals surface area contributed by atoms with Crippen molar-refractivity contribution in [2.45, 2.75) is 310 Å². The lowest BCUT2D eigenvalue weighted by atomic mass is 9.82. The lowest BCUT2D eigenvalue weighted by molar-refractivity contribution is 0.0592. The molecule has 2 aliphatic rings. The van der Waals surface area contributed by atoms with Gasteiger partial charge in [-0.15, -0.1) is 0 Å². The lowest BCUT2D eigenvalue weighted by Crippen LogP contribution is -2.41. The Morgan fingerprint density at radius 1 is 0.269 bits per heavy atom. The number of fused-ring (bicyclic) bond motifs is 2. The Morgan fingerprint density at radius 2 is 0.491 bits per heavy atom. The Kier molecular flexibility index (Phi) is 37.0. The third-order valence-electron chi connectivity index (χ3n) is 22.3. The van der Waals surface area contributed by atoms with Gasteiger partial charge in [0.1, 0.15) is 23.0 Å². The maximum Gasteiger partial charge on any atom is 0.261 e. The predicted molar refractivity (Wildman–Crippen MR) is 444 cm³/mol. The van der Waals surface area contributed by atoms with E-state index in [0.29, 0.717) is 132 Å². The zero-order valence-electron chi connectivity index (χ0n) is 66.8. The van der Waals surface area contributed by atoms with Crippen LogP contribution in [0.25, 0.3) is 43.1 Å². The van der Waals surface area contributed by atoms with Gasteiger partial charge in [-0.1, -0.05) is 283 Å². The van der Waals surface area contributed by atoms with Crippen LogP contribution in [0, 0.1) is 0 Å². The first-order valence-corrected chi connectivity index (χ1v) is 43.4. The quantitative estimate of drug-likeness (QED) is 0.0162. The molecule has 588 valence electrons. The fraction of sp³-hybridized carbons (Fsp3) is 0.596. The molecular formula is C94H132N4O10. The molecule has 0 atom stereocenters. The highest BCUT2D eigenvalue weighted by Crippen LogP contribution is 2.46. The number of hydrogen-bond donors (Lipinski definition) is 2. The molecule has 14 nitrogen and oxygen atoms in total. The van der Waals surface area contributed by atoms with Gasteiger partial charge >= 0.3 is 0 Å². The fourth-order valence-electron chi connectivity index (χ4n) is 16.0. The summed E-state index contributed by atoms with van der Waals surface area (Å²) in [4.78, 5) is 88.4. The minimum Gasteiger partial charge on any atom is -0.493 e. The molecule has 0 saturated heterocycles. The number of ether oxygens (including phenoxy) is 4. The van der Waals surface area contributed by atoms with Gasteiger partial charge in [-0.25, -0.2) is 0 Å². The highest BCUT2D eigenvalue weighted by molar-refractivity contribution is 6.41. The molecular weight excluding hydrogens is 1350 g/mol. The van der Waals surface area contributed by atoms with Crippen LogP contribution in [-0.2, 0) is 0 Å². The SMILES string of the molecule is CCCCCCCCCCCCOc1cc(OCCCCCCCCCCCC)cc(C(=O)NCCCCN2C(=O)c3ccc4c5ccc6c7c(ccc(c8ccc(c3c48)C2=O)c75)C(=O)N(CCCCNC(=O)c2cc(OCCCCCCCCCCCC)cc(OCCCCCCCCCCCC)c2)C6=O)c1. The second-order valence-corrected chi connectivity index (χ2v) is 31.1. The van der Waals surface area contributed by atoms with Crippen LogP contribution >= 0.6 is 0 Å². The minimum atomic E-state index is -0.367. The van der Waals surface area contributed by atoms with Crippen LogP contribution < -0.4 is 29.6 Å². The molecule has 14 heteroatoms. The smallest absolute Gasteiger partial charge is 0.261 e. The van der Waals surface area contributed by atoms with E-state index in [1.165, 1.54) is 215 Å². The Hall–Kier alpha value is -7.74. The van der Waals surface area contributed by atoms with Crippen molar-refractivity contribution in [3.63, 3.8) is 0 Å². The largest absolute Gasteiger partial charge is 0.493 e. The van der Waals surface area contributed by atoms with Crippen LogP contribution in [0.2, 0.25) is 0 Å². The molecule has 0 aliphatic carbocycles. The van der Waals surface area contributed by atoms with E-state index >= 15 is 0 Å². The van der Waals surface area contributed by atoms with Gasteiger partial charge in [-0.05, 0) is 132 Å². The van der Waals surface area contributed by atoms with Gasteiger partial charge in [0.15, 0.2) is 0 Å². The van der Waals surface area contributed by atoms with Gasteiger partial charge in [-0.3, -0.25) is 38.6 Å². The van der Waals surface area contributed by atoms with Crippen molar-refractivity contribution in [3.05, 3.63) is 118 Å². The summed E-state index contributed by atoms with van der Waals surface area (Å²) in [7, 11) is 0. The molecule has 0 saturated carbocycles. The molecule has 7 aromatic carbocycles. The molecule has 0 spiro atoms. The van der Waals surface area contributed by atoms with Crippen molar-refractivity contribution in [3.8, 4) is 23.0 Å². The summed E-state index contributed by atoms with van der Waals surface area (Å²) in [6.07, 6.45) is 51.6. The van der Waals surface area contributed by atoms with Gasteiger partial charge in [-0.2, -0.15) is 0 Å². The Balaban J connectivity index is 0.766. The first-order valence-electron chi connectivity index (χ1n) is 43.4. The number of nitrogens with one attached hydrogen (secondary N) is 2. The molecule has 7 aromatic rings. The lowest BCUT2D eigenvalue weighted by Gasteiger charge is -2.30. The van der Waals surface area contributed by atoms with Crippen LogP contribution in [0.3, 0.4) is 0 Å². The van der Waals surface area contributed by atoms with Crippen molar-refractivity contribution < 1.29 is 47.7 Å². The summed E-state index contributed by atoms with van der Waals surface area (Å²) in [6.45, 7) is 12.4. The molecule has 0 bridgehead atoms. The number of carbonyl (C=O) groups excluding carboxylic acids is 6. The maximum atomic E-state index is 14.5. The minimum absolute atomic E-state index is 0.182. The highest BCUT2D eigenvalue weighted by atomic mass is 16.5. The summed E-state index contributed by atoms with van der Waals surface area (Å²) in [5.41, 5.74) is 2.71. The molecule has 108 heavy (non-hydrogen) atoms. The number of hydrogen-bond acceptors (Lipinski definition) is 10. The number of amides is 6. The van der Waals surface area contributed by atoms with Crippen LogP contribution in [-0.4, -0.2) is 97.8 Å². The molecule has 2 heterocycles. The van der Waals surface area contributed by atoms with Crippen molar-refractivity contribution >= 4 is 78.5 Å². The van der Waals surface area contributed by atoms with Crippen molar-refractivity contribution in [1.29, 1.82) is 0 Å². The van der Waals surface area contributed by atoms with Gasteiger partial charge < -0.3 is 29.6 Å². The molecule has 2 aliphatic heterocycles. The molecule has 2 N–H and O–H groups in total. The summed E-state index contributed by atoms with van der Waals surface area (Å²) in [6, 6.07) is 25.9. The number of carbonyl (C=O) groups is 6. The monoisotopic (exact) mass is 1480 g/mol. The zero-order chi connectivity index (χ0) is 75.9. The van der Waals surface area contributed by atoms with Crippen LogP contribution in [0.4, 0.5) is 0 Å². The number of benzene rings is 7. The number of imide groups is 2. The fourth-order valence-corrected chi connectivity index (χ4v) is 16.0. The third-order valence-corrected chi connectivity index (χ3v) is 22.3. The van der Waals surface area contributed by atoms with E-state index in [1.807, 2.05) is 36.4 Å². The van der Waals surface area contributed by atoms with E-state index in [4.69, 9.17) is 18.9 Å². The second-order valence-electron chi connectivity index (χ2n) is 31.1. The van der Waals surface area contributed by atoms with E-state index in [2.05, 4.69) is 38.3 Å². The molecule has 0 aromatic heterocycles. The summed E-state index contributed by atoms with van der Waals surface area (Å²) in [5.74, 6) is 0.567.